The highest BCUT2D eigenvalue weighted by Gasteiger charge is 2.81. The number of hydrogen-bond acceptors (Lipinski definition) is 3. The lowest BCUT2D eigenvalue weighted by atomic mass is 9.77. The minimum atomic E-state index is -0.0720. The van der Waals surface area contributed by atoms with E-state index in [9.17, 15) is 9.59 Å². The van der Waals surface area contributed by atoms with Gasteiger partial charge in [-0.05, 0) is 73.0 Å². The molecule has 13 unspecified atom stereocenters. The number of rotatable bonds is 1. The smallest absolute Gasteiger partial charge is 0.302 e. The molecule has 7 rings (SSSR count). The van der Waals surface area contributed by atoms with Crippen molar-refractivity contribution in [3.8, 4) is 0 Å². The number of hydrogen-bond donors (Lipinski definition) is 0. The maximum absolute atomic E-state index is 13.3. The Kier molecular flexibility index (Phi) is 2.19. The van der Waals surface area contributed by atoms with Gasteiger partial charge in [-0.25, -0.2) is 0 Å². The van der Waals surface area contributed by atoms with Crippen LogP contribution in [0.2, 0.25) is 0 Å². The van der Waals surface area contributed by atoms with Crippen LogP contribution in [0.15, 0.2) is 0 Å². The topological polar surface area (TPSA) is 43.4 Å². The van der Waals surface area contributed by atoms with E-state index in [1.54, 1.807) is 6.92 Å². The number of Topliss-reactive ketones (excluding diaryl/α,β-unsaturated/α-hetero) is 1. The van der Waals surface area contributed by atoms with Gasteiger partial charge in [-0.15, -0.1) is 0 Å². The summed E-state index contributed by atoms with van der Waals surface area (Å²) in [6, 6.07) is 0. The molecule has 7 aliphatic carbocycles. The van der Waals surface area contributed by atoms with Crippen molar-refractivity contribution in [1.29, 1.82) is 0 Å². The van der Waals surface area contributed by atoms with Crippen molar-refractivity contribution in [2.24, 2.45) is 71.0 Å². The summed E-state index contributed by atoms with van der Waals surface area (Å²) >= 11 is 0. The SMILES string of the molecule is CC(=O)OC1C2C3CCCC3C3C4C(=O)C5CCC6C5C4C(C61)C23. The summed E-state index contributed by atoms with van der Waals surface area (Å²) in [4.78, 5) is 25.2. The number of carbonyl (C=O) groups is 2. The third-order valence-electron chi connectivity index (χ3n) is 10.1. The van der Waals surface area contributed by atoms with Gasteiger partial charge in [0, 0.05) is 30.6 Å². The van der Waals surface area contributed by atoms with Crippen LogP contribution >= 0.6 is 0 Å². The lowest BCUT2D eigenvalue weighted by molar-refractivity contribution is -0.153. The Balaban J connectivity index is 1.43. The van der Waals surface area contributed by atoms with Gasteiger partial charge in [0.25, 0.3) is 0 Å². The lowest BCUT2D eigenvalue weighted by Crippen LogP contribution is -2.35. The lowest BCUT2D eigenvalue weighted by Gasteiger charge is -2.31. The van der Waals surface area contributed by atoms with E-state index in [1.807, 2.05) is 0 Å². The first kappa shape index (κ1) is 13.4. The zero-order chi connectivity index (χ0) is 15.9. The number of ether oxygens (including phenoxy) is 1. The van der Waals surface area contributed by atoms with E-state index in [1.165, 1.54) is 25.7 Å². The van der Waals surface area contributed by atoms with Crippen molar-refractivity contribution in [3.05, 3.63) is 0 Å². The molecule has 0 aliphatic heterocycles. The van der Waals surface area contributed by atoms with Crippen molar-refractivity contribution in [2.75, 3.05) is 0 Å². The highest BCUT2D eigenvalue weighted by atomic mass is 16.5. The molecular formula is C21H26O3. The molecule has 0 heterocycles. The van der Waals surface area contributed by atoms with Gasteiger partial charge in [0.1, 0.15) is 11.9 Å². The Hall–Kier alpha value is -0.860. The molecule has 3 heteroatoms. The standard InChI is InChI=1S/C21H26O3/c1-7(22)24-21-14-9-4-2-3-8(9)13-17(14)18-15(21)10-5-6-11-12(10)16(18)19(13)20(11)23/h8-19,21H,2-6H2,1H3. The van der Waals surface area contributed by atoms with E-state index >= 15 is 0 Å². The van der Waals surface area contributed by atoms with Gasteiger partial charge in [0.05, 0.1) is 0 Å². The van der Waals surface area contributed by atoms with E-state index in [0.717, 1.165) is 30.1 Å². The first-order chi connectivity index (χ1) is 11.7. The van der Waals surface area contributed by atoms with Crippen LogP contribution in [-0.2, 0) is 14.3 Å². The van der Waals surface area contributed by atoms with Crippen molar-refractivity contribution in [3.63, 3.8) is 0 Å². The highest BCUT2D eigenvalue weighted by molar-refractivity contribution is 5.88. The first-order valence-electron chi connectivity index (χ1n) is 10.4. The summed E-state index contributed by atoms with van der Waals surface area (Å²) in [6.45, 7) is 1.60. The summed E-state index contributed by atoms with van der Waals surface area (Å²) in [5.41, 5.74) is 0. The zero-order valence-corrected chi connectivity index (χ0v) is 14.3. The number of ketones is 1. The monoisotopic (exact) mass is 326 g/mol. The van der Waals surface area contributed by atoms with Crippen molar-refractivity contribution >= 4 is 11.8 Å². The van der Waals surface area contributed by atoms with E-state index in [2.05, 4.69) is 0 Å². The van der Waals surface area contributed by atoms with Crippen LogP contribution in [0.5, 0.6) is 0 Å². The number of fused-ring (bicyclic) bond motifs is 5. The predicted octanol–water partition coefficient (Wildman–Crippen LogP) is 2.93. The molecule has 7 fully saturated rings. The maximum atomic E-state index is 13.3. The molecule has 3 nitrogen and oxygen atoms in total. The third-order valence-corrected chi connectivity index (χ3v) is 10.1. The second-order valence-electron chi connectivity index (χ2n) is 10.1. The van der Waals surface area contributed by atoms with E-state index in [-0.39, 0.29) is 12.1 Å². The molecule has 0 amide bonds. The Morgan fingerprint density at radius 3 is 2.33 bits per heavy atom. The minimum Gasteiger partial charge on any atom is -0.462 e. The molecule has 13 atom stereocenters. The van der Waals surface area contributed by atoms with Crippen LogP contribution in [0.1, 0.15) is 39.0 Å². The molecule has 24 heavy (non-hydrogen) atoms. The Morgan fingerprint density at radius 1 is 0.833 bits per heavy atom. The van der Waals surface area contributed by atoms with Gasteiger partial charge >= 0.3 is 5.97 Å². The van der Waals surface area contributed by atoms with Gasteiger partial charge in [0.15, 0.2) is 0 Å². The fraction of sp³-hybridized carbons (Fsp3) is 0.905. The molecule has 128 valence electrons. The average Bonchev–Trinajstić information content (AvgIpc) is 3.27. The third kappa shape index (κ3) is 1.16. The molecular weight excluding hydrogens is 300 g/mol. The normalized spacial score (nSPS) is 66.4. The maximum Gasteiger partial charge on any atom is 0.302 e. The first-order valence-corrected chi connectivity index (χ1v) is 10.4. The molecule has 0 aromatic rings. The molecule has 7 aliphatic rings. The Bertz CT molecular complexity index is 660. The van der Waals surface area contributed by atoms with E-state index in [4.69, 9.17) is 4.74 Å². The highest BCUT2D eigenvalue weighted by Crippen LogP contribution is 2.81. The van der Waals surface area contributed by atoms with Crippen LogP contribution in [0.4, 0.5) is 0 Å². The van der Waals surface area contributed by atoms with Crippen molar-refractivity contribution in [2.45, 2.75) is 45.1 Å². The minimum absolute atomic E-state index is 0.0720. The molecule has 0 bridgehead atoms. The van der Waals surface area contributed by atoms with Crippen molar-refractivity contribution in [1.82, 2.24) is 0 Å². The van der Waals surface area contributed by atoms with E-state index < -0.39 is 0 Å². The Morgan fingerprint density at radius 2 is 1.54 bits per heavy atom. The summed E-state index contributed by atoms with van der Waals surface area (Å²) in [5, 5.41) is 0. The van der Waals surface area contributed by atoms with Crippen molar-refractivity contribution < 1.29 is 14.3 Å². The van der Waals surface area contributed by atoms with Gasteiger partial charge < -0.3 is 4.74 Å². The molecule has 0 aromatic carbocycles. The largest absolute Gasteiger partial charge is 0.462 e. The second-order valence-corrected chi connectivity index (χ2v) is 10.1. The average molecular weight is 326 g/mol. The fourth-order valence-electron chi connectivity index (χ4n) is 10.4. The second kappa shape index (κ2) is 3.94. The molecule has 7 saturated carbocycles. The van der Waals surface area contributed by atoms with E-state index in [0.29, 0.717) is 53.1 Å². The predicted molar refractivity (Wildman–Crippen MR) is 85.5 cm³/mol. The number of carbonyl (C=O) groups excluding carboxylic acids is 2. The summed E-state index contributed by atoms with van der Waals surface area (Å²) in [6.07, 6.45) is 6.54. The molecule has 0 radical (unpaired) electrons. The Labute approximate surface area is 142 Å². The summed E-state index contributed by atoms with van der Waals surface area (Å²) < 4.78 is 6.08. The molecule has 0 saturated heterocycles. The molecule has 0 spiro atoms. The zero-order valence-electron chi connectivity index (χ0n) is 14.3. The van der Waals surface area contributed by atoms with Gasteiger partial charge in [0.2, 0.25) is 0 Å². The van der Waals surface area contributed by atoms with Crippen LogP contribution < -0.4 is 0 Å². The fourth-order valence-corrected chi connectivity index (χ4v) is 10.4. The van der Waals surface area contributed by atoms with Crippen LogP contribution in [-0.4, -0.2) is 17.9 Å². The van der Waals surface area contributed by atoms with Crippen LogP contribution in [0.25, 0.3) is 0 Å². The van der Waals surface area contributed by atoms with Gasteiger partial charge in [-0.1, -0.05) is 6.42 Å². The van der Waals surface area contributed by atoms with Crippen LogP contribution in [0, 0.1) is 71.0 Å². The van der Waals surface area contributed by atoms with Crippen LogP contribution in [0.3, 0.4) is 0 Å². The number of esters is 1. The van der Waals surface area contributed by atoms with Gasteiger partial charge in [-0.2, -0.15) is 0 Å². The van der Waals surface area contributed by atoms with Gasteiger partial charge in [-0.3, -0.25) is 9.59 Å². The summed E-state index contributed by atoms with van der Waals surface area (Å²) in [5.74, 6) is 8.28. The quantitative estimate of drug-likeness (QED) is 0.696. The molecule has 0 aromatic heterocycles. The molecule has 0 N–H and O–H groups in total. The summed E-state index contributed by atoms with van der Waals surface area (Å²) in [7, 11) is 0.